The van der Waals surface area contributed by atoms with Gasteiger partial charge in [0.2, 0.25) is 5.60 Å². The maximum Gasteiger partial charge on any atom is 0.267 e. The first-order chi connectivity index (χ1) is 12.0. The number of hydrogen-bond donors (Lipinski definition) is 1. The lowest BCUT2D eigenvalue weighted by molar-refractivity contribution is -0.141. The average Bonchev–Trinajstić information content (AvgIpc) is 3.19. The van der Waals surface area contributed by atoms with Crippen LogP contribution in [0.1, 0.15) is 31.2 Å². The number of oxime groups is 1. The molecular weight excluding hydrogens is 323 g/mol. The fourth-order valence-corrected chi connectivity index (χ4v) is 2.74. The van der Waals surface area contributed by atoms with Gasteiger partial charge in [-0.15, -0.1) is 0 Å². The number of imidazole rings is 1. The molecule has 2 heterocycles. The summed E-state index contributed by atoms with van der Waals surface area (Å²) in [4.78, 5) is 22.0. The Bertz CT molecular complexity index is 785. The zero-order valence-corrected chi connectivity index (χ0v) is 14.3. The number of nitrogens with one attached hydrogen (secondary N) is 1. The van der Waals surface area contributed by atoms with Crippen LogP contribution in [-0.2, 0) is 16.2 Å². The summed E-state index contributed by atoms with van der Waals surface area (Å²) in [5, 5.41) is 6.91. The lowest BCUT2D eigenvalue weighted by Crippen LogP contribution is -2.45. The number of amides is 1. The predicted molar refractivity (Wildman–Crippen MR) is 91.6 cm³/mol. The summed E-state index contributed by atoms with van der Waals surface area (Å²) in [5.74, 6) is 0.447. The number of halogens is 1. The second-order valence-corrected chi connectivity index (χ2v) is 6.32. The molecule has 0 fully saturated rings. The topological polar surface area (TPSA) is 68.5 Å². The summed E-state index contributed by atoms with van der Waals surface area (Å²) < 4.78 is 15.1. The van der Waals surface area contributed by atoms with Crippen LogP contribution in [0.25, 0.3) is 0 Å². The second kappa shape index (κ2) is 7.04. The molecule has 1 aromatic carbocycles. The van der Waals surface area contributed by atoms with Gasteiger partial charge >= 0.3 is 0 Å². The van der Waals surface area contributed by atoms with E-state index in [9.17, 15) is 9.18 Å². The van der Waals surface area contributed by atoms with Crippen molar-refractivity contribution in [2.45, 2.75) is 38.8 Å². The lowest BCUT2D eigenvalue weighted by atomic mass is 9.95. The number of aromatic nitrogens is 2. The van der Waals surface area contributed by atoms with Crippen molar-refractivity contribution in [2.24, 2.45) is 5.16 Å². The summed E-state index contributed by atoms with van der Waals surface area (Å²) in [7, 11) is 0. The smallest absolute Gasteiger partial charge is 0.267 e. The fraction of sp³-hybridized carbons (Fsp3) is 0.389. The first-order valence-corrected chi connectivity index (χ1v) is 8.25. The van der Waals surface area contributed by atoms with Crippen LogP contribution in [0.3, 0.4) is 0 Å². The molecule has 1 N–H and O–H groups in total. The van der Waals surface area contributed by atoms with E-state index in [1.165, 1.54) is 12.1 Å². The minimum Gasteiger partial charge on any atom is -0.379 e. The number of nitrogens with zero attached hydrogens (tertiary/aromatic N) is 3. The van der Waals surface area contributed by atoms with Crippen LogP contribution in [0.4, 0.5) is 4.39 Å². The van der Waals surface area contributed by atoms with Crippen molar-refractivity contribution >= 4 is 11.6 Å². The van der Waals surface area contributed by atoms with Gasteiger partial charge in [0.05, 0.1) is 5.71 Å². The average molecular weight is 344 g/mol. The first kappa shape index (κ1) is 17.1. The number of aryl methyl sites for hydroxylation is 2. The Morgan fingerprint density at radius 3 is 2.84 bits per heavy atom. The minimum atomic E-state index is -1.03. The second-order valence-electron chi connectivity index (χ2n) is 6.32. The molecule has 0 aliphatic carbocycles. The number of hydrogen-bond acceptors (Lipinski definition) is 4. The quantitative estimate of drug-likeness (QED) is 0.818. The van der Waals surface area contributed by atoms with Crippen LogP contribution in [0.15, 0.2) is 41.8 Å². The van der Waals surface area contributed by atoms with Crippen LogP contribution in [-0.4, -0.2) is 33.3 Å². The van der Waals surface area contributed by atoms with E-state index in [1.807, 2.05) is 17.7 Å². The maximum atomic E-state index is 13.0. The van der Waals surface area contributed by atoms with Crippen LogP contribution < -0.4 is 5.32 Å². The van der Waals surface area contributed by atoms with E-state index in [2.05, 4.69) is 15.5 Å². The van der Waals surface area contributed by atoms with E-state index in [0.717, 1.165) is 24.4 Å². The summed E-state index contributed by atoms with van der Waals surface area (Å²) in [6.07, 6.45) is 4.83. The molecule has 25 heavy (non-hydrogen) atoms. The Balaban J connectivity index is 1.49. The summed E-state index contributed by atoms with van der Waals surface area (Å²) in [6.45, 7) is 4.99. The third-order valence-electron chi connectivity index (χ3n) is 4.30. The van der Waals surface area contributed by atoms with E-state index in [4.69, 9.17) is 4.84 Å². The maximum absolute atomic E-state index is 13.0. The van der Waals surface area contributed by atoms with Gasteiger partial charge in [-0.3, -0.25) is 4.79 Å². The minimum absolute atomic E-state index is 0.198. The Morgan fingerprint density at radius 2 is 2.16 bits per heavy atom. The van der Waals surface area contributed by atoms with Gasteiger partial charge in [0.15, 0.2) is 0 Å². The third kappa shape index (κ3) is 3.87. The number of carbonyl (C=O) groups is 1. The summed E-state index contributed by atoms with van der Waals surface area (Å²) >= 11 is 0. The predicted octanol–water partition coefficient (Wildman–Crippen LogP) is 2.42. The monoisotopic (exact) mass is 344 g/mol. The Kier molecular flexibility index (Phi) is 4.83. The zero-order chi connectivity index (χ0) is 17.9. The van der Waals surface area contributed by atoms with Crippen molar-refractivity contribution in [2.75, 3.05) is 6.54 Å². The SMILES string of the molecule is Cc1nccn1CCCNC(=O)[C@]1(C)CC(c2ccc(F)cc2)=NO1. The summed E-state index contributed by atoms with van der Waals surface area (Å²) in [6, 6.07) is 6.00. The molecule has 0 radical (unpaired) electrons. The van der Waals surface area contributed by atoms with Gasteiger partial charge in [0, 0.05) is 31.9 Å². The Labute approximate surface area is 145 Å². The largest absolute Gasteiger partial charge is 0.379 e. The highest BCUT2D eigenvalue weighted by Gasteiger charge is 2.41. The Morgan fingerprint density at radius 1 is 1.40 bits per heavy atom. The molecule has 0 saturated carbocycles. The van der Waals surface area contributed by atoms with Crippen molar-refractivity contribution in [3.63, 3.8) is 0 Å². The van der Waals surface area contributed by atoms with E-state index in [1.54, 1.807) is 25.3 Å². The van der Waals surface area contributed by atoms with Crippen molar-refractivity contribution in [1.82, 2.24) is 14.9 Å². The van der Waals surface area contributed by atoms with Gasteiger partial charge in [-0.05, 0) is 38.0 Å². The van der Waals surface area contributed by atoms with Crippen LogP contribution >= 0.6 is 0 Å². The van der Waals surface area contributed by atoms with Crippen molar-refractivity contribution in [3.8, 4) is 0 Å². The molecule has 3 rings (SSSR count). The fourth-order valence-electron chi connectivity index (χ4n) is 2.74. The molecule has 132 valence electrons. The highest BCUT2D eigenvalue weighted by atomic mass is 19.1. The molecule has 7 heteroatoms. The molecule has 1 aromatic heterocycles. The van der Waals surface area contributed by atoms with Gasteiger partial charge in [0.1, 0.15) is 11.6 Å². The number of rotatable bonds is 6. The van der Waals surface area contributed by atoms with E-state index >= 15 is 0 Å². The van der Waals surface area contributed by atoms with Gasteiger partial charge in [-0.2, -0.15) is 0 Å². The molecule has 1 amide bonds. The van der Waals surface area contributed by atoms with Gasteiger partial charge in [-0.1, -0.05) is 17.3 Å². The lowest BCUT2D eigenvalue weighted by Gasteiger charge is -2.20. The van der Waals surface area contributed by atoms with Crippen LogP contribution in [0.5, 0.6) is 0 Å². The molecule has 2 aromatic rings. The first-order valence-electron chi connectivity index (χ1n) is 8.25. The third-order valence-corrected chi connectivity index (χ3v) is 4.30. The number of carbonyl (C=O) groups excluding carboxylic acids is 1. The van der Waals surface area contributed by atoms with Crippen molar-refractivity contribution < 1.29 is 14.0 Å². The van der Waals surface area contributed by atoms with Gasteiger partial charge in [0.25, 0.3) is 5.91 Å². The standard InChI is InChI=1S/C18H21FN4O2/c1-13-20-9-11-23(13)10-3-8-21-17(24)18(2)12-16(22-25-18)14-4-6-15(19)7-5-14/h4-7,9,11H,3,8,10,12H2,1-2H3,(H,21,24)/t18-/m0/s1. The highest BCUT2D eigenvalue weighted by Crippen LogP contribution is 2.26. The normalized spacial score (nSPS) is 19.4. The zero-order valence-electron chi connectivity index (χ0n) is 14.3. The van der Waals surface area contributed by atoms with E-state index in [-0.39, 0.29) is 11.7 Å². The molecule has 1 aliphatic rings. The van der Waals surface area contributed by atoms with Crippen molar-refractivity contribution in [3.05, 3.63) is 53.9 Å². The molecular formula is C18H21FN4O2. The van der Waals surface area contributed by atoms with Crippen LogP contribution in [0, 0.1) is 12.7 Å². The van der Waals surface area contributed by atoms with Crippen LogP contribution in [0.2, 0.25) is 0 Å². The molecule has 0 saturated heterocycles. The molecule has 0 bridgehead atoms. The summed E-state index contributed by atoms with van der Waals surface area (Å²) in [5.41, 5.74) is 0.370. The number of benzene rings is 1. The van der Waals surface area contributed by atoms with E-state index in [0.29, 0.717) is 18.7 Å². The molecule has 1 aliphatic heterocycles. The molecule has 1 atom stereocenters. The molecule has 0 spiro atoms. The highest BCUT2D eigenvalue weighted by molar-refractivity contribution is 6.05. The van der Waals surface area contributed by atoms with Gasteiger partial charge < -0.3 is 14.7 Å². The van der Waals surface area contributed by atoms with Gasteiger partial charge in [-0.25, -0.2) is 9.37 Å². The van der Waals surface area contributed by atoms with Crippen molar-refractivity contribution in [1.29, 1.82) is 0 Å². The Hall–Kier alpha value is -2.70. The molecule has 6 nitrogen and oxygen atoms in total. The van der Waals surface area contributed by atoms with E-state index < -0.39 is 5.60 Å². The molecule has 0 unspecified atom stereocenters.